The Morgan fingerprint density at radius 2 is 1.90 bits per heavy atom. The number of hydrogen-bond acceptors (Lipinski definition) is 5. The van der Waals surface area contributed by atoms with Crippen LogP contribution in [0.1, 0.15) is 62.5 Å². The first-order valence-electron chi connectivity index (χ1n) is 10.6. The van der Waals surface area contributed by atoms with Gasteiger partial charge in [0.15, 0.2) is 0 Å². The van der Waals surface area contributed by atoms with Gasteiger partial charge in [0.25, 0.3) is 0 Å². The molecule has 4 heterocycles. The van der Waals surface area contributed by atoms with E-state index >= 15 is 0 Å². The summed E-state index contributed by atoms with van der Waals surface area (Å²) in [7, 11) is 0. The van der Waals surface area contributed by atoms with Gasteiger partial charge in [0, 0.05) is 56.9 Å². The predicted octanol–water partition coefficient (Wildman–Crippen LogP) is 2.71. The lowest BCUT2D eigenvalue weighted by Gasteiger charge is -2.31. The molecule has 31 heavy (non-hydrogen) atoms. The van der Waals surface area contributed by atoms with Gasteiger partial charge in [0.1, 0.15) is 0 Å². The summed E-state index contributed by atoms with van der Waals surface area (Å²) in [6.45, 7) is 9.66. The first-order chi connectivity index (χ1) is 14.6. The molecular weight excluding hydrogens is 417 g/mol. The van der Waals surface area contributed by atoms with Crippen molar-refractivity contribution in [2.45, 2.75) is 77.4 Å². The topological polar surface area (TPSA) is 87.9 Å². The lowest BCUT2D eigenvalue weighted by molar-refractivity contribution is -0.192. The number of rotatable bonds is 4. The molecule has 1 amide bonds. The van der Waals surface area contributed by atoms with Crippen LogP contribution in [0.3, 0.4) is 0 Å². The van der Waals surface area contributed by atoms with Crippen LogP contribution in [0.5, 0.6) is 0 Å². The van der Waals surface area contributed by atoms with Crippen molar-refractivity contribution in [3.05, 3.63) is 17.0 Å². The third kappa shape index (κ3) is 5.57. The van der Waals surface area contributed by atoms with E-state index in [1.54, 1.807) is 0 Å². The largest absolute Gasteiger partial charge is 0.490 e. The molecule has 2 fully saturated rings. The number of alkyl halides is 3. The molecule has 1 aromatic rings. The molecule has 1 N–H and O–H groups in total. The molecule has 0 saturated carbocycles. The average molecular weight is 446 g/mol. The fourth-order valence-electron chi connectivity index (χ4n) is 4.27. The summed E-state index contributed by atoms with van der Waals surface area (Å²) in [6.07, 6.45) is -1.15. The van der Waals surface area contributed by atoms with E-state index in [0.29, 0.717) is 25.0 Å². The summed E-state index contributed by atoms with van der Waals surface area (Å²) in [4.78, 5) is 25.5. The minimum absolute atomic E-state index is 0.280. The van der Waals surface area contributed by atoms with Gasteiger partial charge in [0.05, 0.1) is 17.9 Å². The number of ether oxygens (including phenoxy) is 1. The Morgan fingerprint density at radius 1 is 1.26 bits per heavy atom. The summed E-state index contributed by atoms with van der Waals surface area (Å²) in [5.74, 6) is -2.48. The smallest absolute Gasteiger partial charge is 0.475 e. The van der Waals surface area contributed by atoms with Gasteiger partial charge < -0.3 is 14.7 Å². The molecule has 0 aliphatic carbocycles. The molecule has 1 aromatic heterocycles. The quantitative estimate of drug-likeness (QED) is 0.765. The van der Waals surface area contributed by atoms with Crippen LogP contribution in [0.15, 0.2) is 0 Å². The molecule has 0 atom stereocenters. The maximum Gasteiger partial charge on any atom is 0.490 e. The number of amides is 1. The van der Waals surface area contributed by atoms with Crippen LogP contribution in [0.2, 0.25) is 0 Å². The molecule has 3 aliphatic rings. The summed E-state index contributed by atoms with van der Waals surface area (Å²) in [5.41, 5.74) is 3.84. The number of fused-ring (bicyclic) bond motifs is 1. The zero-order valence-corrected chi connectivity index (χ0v) is 17.8. The maximum absolute atomic E-state index is 12.0. The van der Waals surface area contributed by atoms with Crippen molar-refractivity contribution in [1.82, 2.24) is 19.6 Å². The first kappa shape index (κ1) is 23.5. The predicted molar refractivity (Wildman–Crippen MR) is 104 cm³/mol. The van der Waals surface area contributed by atoms with Gasteiger partial charge in [-0.2, -0.15) is 18.3 Å². The van der Waals surface area contributed by atoms with Crippen molar-refractivity contribution in [3.63, 3.8) is 0 Å². The number of halogens is 3. The molecule has 0 radical (unpaired) electrons. The molecule has 11 heteroatoms. The molecule has 2 saturated heterocycles. The number of hydrogen-bond donors (Lipinski definition) is 1. The fraction of sp³-hybridized carbons (Fsp3) is 0.750. The standard InChI is InChI=1S/C18H28N4O2.C2HF3O2/c1-13(2)22-17-12-21(14-5-8-24-9-6-14)10-15(17)16(19-22)11-20-7-3-4-18(20)23;3-2(4,5)1(6)7/h13-14H,3-12H2,1-2H3;(H,6,7). The number of carboxylic acid groups (broad SMARTS) is 1. The Balaban J connectivity index is 0.000000339. The van der Waals surface area contributed by atoms with E-state index in [0.717, 1.165) is 57.8 Å². The van der Waals surface area contributed by atoms with Crippen LogP contribution in [0.4, 0.5) is 13.2 Å². The highest BCUT2D eigenvalue weighted by molar-refractivity contribution is 5.78. The number of carboxylic acids is 1. The zero-order valence-electron chi connectivity index (χ0n) is 17.8. The SMILES string of the molecule is CC(C)n1nc(CN2CCCC2=O)c2c1CN(C1CCOCC1)C2.O=C(O)C(F)(F)F. The van der Waals surface area contributed by atoms with Gasteiger partial charge >= 0.3 is 12.1 Å². The van der Waals surface area contributed by atoms with Crippen LogP contribution in [-0.4, -0.2) is 68.5 Å². The Hall–Kier alpha value is -2.14. The van der Waals surface area contributed by atoms with Gasteiger partial charge in [-0.1, -0.05) is 0 Å². The summed E-state index contributed by atoms with van der Waals surface area (Å²) in [5, 5.41) is 12.0. The highest BCUT2D eigenvalue weighted by Crippen LogP contribution is 2.32. The van der Waals surface area contributed by atoms with Crippen LogP contribution < -0.4 is 0 Å². The van der Waals surface area contributed by atoms with Gasteiger partial charge in [-0.25, -0.2) is 4.79 Å². The number of carbonyl (C=O) groups is 2. The second-order valence-corrected chi connectivity index (χ2v) is 8.38. The summed E-state index contributed by atoms with van der Waals surface area (Å²) < 4.78 is 39.4. The van der Waals surface area contributed by atoms with Crippen LogP contribution in [0.25, 0.3) is 0 Å². The van der Waals surface area contributed by atoms with E-state index in [2.05, 4.69) is 23.4 Å². The van der Waals surface area contributed by atoms with Crippen molar-refractivity contribution in [2.75, 3.05) is 19.8 Å². The van der Waals surface area contributed by atoms with E-state index in [1.165, 1.54) is 11.3 Å². The average Bonchev–Trinajstić information content (AvgIpc) is 3.39. The summed E-state index contributed by atoms with van der Waals surface area (Å²) >= 11 is 0. The van der Waals surface area contributed by atoms with Gasteiger partial charge in [-0.15, -0.1) is 0 Å². The summed E-state index contributed by atoms with van der Waals surface area (Å²) in [6, 6.07) is 0.976. The number of carbonyl (C=O) groups excluding carboxylic acids is 1. The van der Waals surface area contributed by atoms with E-state index < -0.39 is 12.1 Å². The monoisotopic (exact) mass is 446 g/mol. The maximum atomic E-state index is 12.0. The van der Waals surface area contributed by atoms with Crippen molar-refractivity contribution < 1.29 is 32.6 Å². The number of aromatic nitrogens is 2. The van der Waals surface area contributed by atoms with E-state index in [1.807, 2.05) is 4.90 Å². The number of likely N-dealkylation sites (tertiary alicyclic amines) is 1. The van der Waals surface area contributed by atoms with Crippen molar-refractivity contribution in [3.8, 4) is 0 Å². The second-order valence-electron chi connectivity index (χ2n) is 8.38. The molecule has 0 bridgehead atoms. The molecule has 8 nitrogen and oxygen atoms in total. The molecule has 0 aromatic carbocycles. The third-order valence-electron chi connectivity index (χ3n) is 5.87. The molecule has 0 spiro atoms. The van der Waals surface area contributed by atoms with Crippen LogP contribution in [0, 0.1) is 0 Å². The Bertz CT molecular complexity index is 803. The second kappa shape index (κ2) is 9.56. The fourth-order valence-corrected chi connectivity index (χ4v) is 4.27. The van der Waals surface area contributed by atoms with E-state index in [4.69, 9.17) is 19.7 Å². The lowest BCUT2D eigenvalue weighted by Crippen LogP contribution is -2.36. The van der Waals surface area contributed by atoms with Gasteiger partial charge in [-0.3, -0.25) is 14.4 Å². The Kier molecular flexibility index (Phi) is 7.25. The molecule has 174 valence electrons. The normalized spacial score (nSPS) is 20.2. The zero-order chi connectivity index (χ0) is 22.8. The molecule has 4 rings (SSSR count). The van der Waals surface area contributed by atoms with Crippen molar-refractivity contribution >= 4 is 11.9 Å². The molecular formula is C20H29F3N4O4. The molecule has 0 unspecified atom stereocenters. The minimum Gasteiger partial charge on any atom is -0.475 e. The third-order valence-corrected chi connectivity index (χ3v) is 5.87. The Morgan fingerprint density at radius 3 is 2.42 bits per heavy atom. The van der Waals surface area contributed by atoms with E-state index in [-0.39, 0.29) is 5.91 Å². The molecule has 3 aliphatic heterocycles. The number of aliphatic carboxylic acids is 1. The van der Waals surface area contributed by atoms with Gasteiger partial charge in [0.2, 0.25) is 5.91 Å². The van der Waals surface area contributed by atoms with E-state index in [9.17, 15) is 18.0 Å². The van der Waals surface area contributed by atoms with Gasteiger partial charge in [-0.05, 0) is 33.1 Å². The highest BCUT2D eigenvalue weighted by atomic mass is 19.4. The Labute approximate surface area is 178 Å². The first-order valence-corrected chi connectivity index (χ1v) is 10.6. The van der Waals surface area contributed by atoms with Crippen molar-refractivity contribution in [1.29, 1.82) is 0 Å². The lowest BCUT2D eigenvalue weighted by atomic mass is 10.1. The van der Waals surface area contributed by atoms with Crippen molar-refractivity contribution in [2.24, 2.45) is 0 Å². The van der Waals surface area contributed by atoms with Crippen LogP contribution in [-0.2, 0) is 34.0 Å². The minimum atomic E-state index is -5.08. The number of nitrogens with zero attached hydrogens (tertiary/aromatic N) is 4. The van der Waals surface area contributed by atoms with Crippen LogP contribution >= 0.6 is 0 Å². The highest BCUT2D eigenvalue weighted by Gasteiger charge is 2.38.